The van der Waals surface area contributed by atoms with Crippen LogP contribution in [0.3, 0.4) is 0 Å². The first-order valence-corrected chi connectivity index (χ1v) is 6.58. The average molecular weight is 274 g/mol. The highest BCUT2D eigenvalue weighted by Crippen LogP contribution is 2.14. The largest absolute Gasteiger partial charge is 0.354 e. The lowest BCUT2D eigenvalue weighted by Gasteiger charge is -2.08. The molecule has 0 unspecified atom stereocenters. The minimum Gasteiger partial charge on any atom is -0.354 e. The van der Waals surface area contributed by atoms with E-state index in [0.717, 1.165) is 10.9 Å². The summed E-state index contributed by atoms with van der Waals surface area (Å²) >= 11 is 0. The summed E-state index contributed by atoms with van der Waals surface area (Å²) in [5.41, 5.74) is 1.20. The number of para-hydroxylation sites is 1. The summed E-state index contributed by atoms with van der Waals surface area (Å²) < 4.78 is 0. The second kappa shape index (κ2) is 6.18. The van der Waals surface area contributed by atoms with Crippen molar-refractivity contribution in [3.63, 3.8) is 0 Å². The molecule has 1 heterocycles. The molecule has 2 rings (SSSR count). The normalized spacial score (nSPS) is 10.8. The first-order valence-electron chi connectivity index (χ1n) is 6.58. The van der Waals surface area contributed by atoms with E-state index in [-0.39, 0.29) is 17.7 Å². The van der Waals surface area contributed by atoms with E-state index >= 15 is 0 Å². The van der Waals surface area contributed by atoms with Gasteiger partial charge in [0.2, 0.25) is 5.91 Å². The van der Waals surface area contributed by atoms with Gasteiger partial charge in [0, 0.05) is 24.4 Å². The van der Waals surface area contributed by atoms with Crippen LogP contribution in [0.5, 0.6) is 0 Å². The van der Waals surface area contributed by atoms with Crippen molar-refractivity contribution in [3.8, 4) is 0 Å². The van der Waals surface area contributed by atoms with Crippen LogP contribution in [0.25, 0.3) is 10.9 Å². The Hall–Kier alpha value is -2.37. The van der Waals surface area contributed by atoms with E-state index in [2.05, 4.69) is 20.8 Å². The lowest BCUT2D eigenvalue weighted by atomic mass is 10.2. The van der Waals surface area contributed by atoms with Crippen LogP contribution in [-0.4, -0.2) is 35.1 Å². The third kappa shape index (κ3) is 3.14. The summed E-state index contributed by atoms with van der Waals surface area (Å²) in [4.78, 5) is 23.3. The number of nitrogens with one attached hydrogen (secondary N) is 3. The Morgan fingerprint density at radius 3 is 2.65 bits per heavy atom. The zero-order valence-electron chi connectivity index (χ0n) is 11.6. The second-order valence-electron chi connectivity index (χ2n) is 4.82. The molecule has 6 heteroatoms. The van der Waals surface area contributed by atoms with Crippen LogP contribution in [0, 0.1) is 5.92 Å². The molecular formula is C14H18N4O2. The summed E-state index contributed by atoms with van der Waals surface area (Å²) in [6, 6.07) is 7.44. The number of aromatic amines is 1. The van der Waals surface area contributed by atoms with E-state index < -0.39 is 0 Å². The molecule has 0 spiro atoms. The van der Waals surface area contributed by atoms with Crippen molar-refractivity contribution in [1.82, 2.24) is 20.8 Å². The molecule has 106 valence electrons. The molecule has 1 aromatic heterocycles. The van der Waals surface area contributed by atoms with Crippen LogP contribution >= 0.6 is 0 Å². The van der Waals surface area contributed by atoms with E-state index in [1.165, 1.54) is 0 Å². The zero-order chi connectivity index (χ0) is 14.5. The van der Waals surface area contributed by atoms with Gasteiger partial charge >= 0.3 is 0 Å². The van der Waals surface area contributed by atoms with E-state index in [1.54, 1.807) is 0 Å². The average Bonchev–Trinajstić information content (AvgIpc) is 2.87. The Labute approximate surface area is 116 Å². The van der Waals surface area contributed by atoms with E-state index in [1.807, 2.05) is 38.1 Å². The fraction of sp³-hybridized carbons (Fsp3) is 0.357. The van der Waals surface area contributed by atoms with Crippen molar-refractivity contribution >= 4 is 22.7 Å². The first-order chi connectivity index (χ1) is 9.59. The molecule has 3 N–H and O–H groups in total. The highest BCUT2D eigenvalue weighted by Gasteiger charge is 2.13. The first kappa shape index (κ1) is 14.0. The summed E-state index contributed by atoms with van der Waals surface area (Å²) in [6.07, 6.45) is 0. The number of nitrogens with zero attached hydrogens (tertiary/aromatic N) is 1. The lowest BCUT2D eigenvalue weighted by Crippen LogP contribution is -2.36. The molecule has 0 atom stereocenters. The molecule has 2 amide bonds. The van der Waals surface area contributed by atoms with Crippen LogP contribution in [0.2, 0.25) is 0 Å². The molecule has 0 aliphatic rings. The van der Waals surface area contributed by atoms with Crippen molar-refractivity contribution in [3.05, 3.63) is 30.0 Å². The van der Waals surface area contributed by atoms with Gasteiger partial charge in [0.15, 0.2) is 5.69 Å². The quantitative estimate of drug-likeness (QED) is 0.713. The topological polar surface area (TPSA) is 86.9 Å². The number of fused-ring (bicyclic) bond motifs is 1. The van der Waals surface area contributed by atoms with Gasteiger partial charge in [0.1, 0.15) is 0 Å². The highest BCUT2D eigenvalue weighted by molar-refractivity contribution is 6.04. The predicted molar refractivity (Wildman–Crippen MR) is 76.3 cm³/mol. The molecule has 0 fully saturated rings. The van der Waals surface area contributed by atoms with Gasteiger partial charge in [-0.15, -0.1) is 0 Å². The number of hydrogen-bond donors (Lipinski definition) is 3. The Balaban J connectivity index is 1.88. The Morgan fingerprint density at radius 1 is 1.20 bits per heavy atom. The van der Waals surface area contributed by atoms with Crippen molar-refractivity contribution in [2.24, 2.45) is 5.92 Å². The Morgan fingerprint density at radius 2 is 1.90 bits per heavy atom. The number of benzene rings is 1. The summed E-state index contributed by atoms with van der Waals surface area (Å²) in [7, 11) is 0. The van der Waals surface area contributed by atoms with Gasteiger partial charge in [0.25, 0.3) is 5.91 Å². The van der Waals surface area contributed by atoms with Gasteiger partial charge in [-0.3, -0.25) is 14.7 Å². The van der Waals surface area contributed by atoms with Gasteiger partial charge < -0.3 is 10.6 Å². The number of H-pyrrole nitrogens is 1. The van der Waals surface area contributed by atoms with E-state index in [0.29, 0.717) is 18.8 Å². The fourth-order valence-corrected chi connectivity index (χ4v) is 1.79. The van der Waals surface area contributed by atoms with Crippen LogP contribution in [0.1, 0.15) is 24.3 Å². The Kier molecular flexibility index (Phi) is 4.34. The van der Waals surface area contributed by atoms with Gasteiger partial charge in [-0.1, -0.05) is 32.0 Å². The van der Waals surface area contributed by atoms with Gasteiger partial charge in [-0.25, -0.2) is 0 Å². The van der Waals surface area contributed by atoms with E-state index in [9.17, 15) is 9.59 Å². The molecule has 0 saturated heterocycles. The van der Waals surface area contributed by atoms with E-state index in [4.69, 9.17) is 0 Å². The zero-order valence-corrected chi connectivity index (χ0v) is 11.6. The third-order valence-corrected chi connectivity index (χ3v) is 2.92. The molecule has 20 heavy (non-hydrogen) atoms. The number of carbonyl (C=O) groups is 2. The molecule has 0 aliphatic carbocycles. The standard InChI is InChI=1S/C14H18N4O2/c1-9(2)13(19)15-7-8-16-14(20)12-10-5-3-4-6-11(10)17-18-12/h3-6,9H,7-8H2,1-2H3,(H,15,19)(H,16,20)(H,17,18). The van der Waals surface area contributed by atoms with Gasteiger partial charge in [-0.2, -0.15) is 5.10 Å². The molecule has 2 aromatic rings. The van der Waals surface area contributed by atoms with Crippen LogP contribution in [0.4, 0.5) is 0 Å². The van der Waals surface area contributed by atoms with Gasteiger partial charge in [-0.05, 0) is 6.07 Å². The molecule has 0 radical (unpaired) electrons. The number of aromatic nitrogens is 2. The summed E-state index contributed by atoms with van der Waals surface area (Å²) in [5.74, 6) is -0.327. The minimum atomic E-state index is -0.249. The fourth-order valence-electron chi connectivity index (χ4n) is 1.79. The third-order valence-electron chi connectivity index (χ3n) is 2.92. The van der Waals surface area contributed by atoms with Crippen LogP contribution < -0.4 is 10.6 Å². The Bertz CT molecular complexity index is 618. The van der Waals surface area contributed by atoms with Crippen molar-refractivity contribution < 1.29 is 9.59 Å². The number of carbonyl (C=O) groups excluding carboxylic acids is 2. The number of rotatable bonds is 5. The minimum absolute atomic E-state index is 0.0236. The van der Waals surface area contributed by atoms with Crippen LogP contribution in [0.15, 0.2) is 24.3 Å². The van der Waals surface area contributed by atoms with Crippen molar-refractivity contribution in [1.29, 1.82) is 0 Å². The lowest BCUT2D eigenvalue weighted by molar-refractivity contribution is -0.123. The molecule has 0 aliphatic heterocycles. The summed E-state index contributed by atoms with van der Waals surface area (Å²) in [5, 5.41) is 13.1. The molecule has 6 nitrogen and oxygen atoms in total. The maximum Gasteiger partial charge on any atom is 0.272 e. The van der Waals surface area contributed by atoms with Crippen LogP contribution in [-0.2, 0) is 4.79 Å². The highest BCUT2D eigenvalue weighted by atomic mass is 16.2. The number of hydrogen-bond acceptors (Lipinski definition) is 3. The molecular weight excluding hydrogens is 256 g/mol. The molecule has 0 bridgehead atoms. The van der Waals surface area contributed by atoms with Crippen molar-refractivity contribution in [2.45, 2.75) is 13.8 Å². The number of amides is 2. The molecule has 1 aromatic carbocycles. The van der Waals surface area contributed by atoms with Gasteiger partial charge in [0.05, 0.1) is 5.52 Å². The molecule has 0 saturated carbocycles. The predicted octanol–water partition coefficient (Wildman–Crippen LogP) is 1.06. The maximum atomic E-state index is 12.0. The summed E-state index contributed by atoms with van der Waals surface area (Å²) in [6.45, 7) is 4.43. The SMILES string of the molecule is CC(C)C(=O)NCCNC(=O)c1n[nH]c2ccccc12. The monoisotopic (exact) mass is 274 g/mol. The van der Waals surface area contributed by atoms with Crippen molar-refractivity contribution in [2.75, 3.05) is 13.1 Å². The smallest absolute Gasteiger partial charge is 0.272 e. The maximum absolute atomic E-state index is 12.0. The second-order valence-corrected chi connectivity index (χ2v) is 4.82.